The molecule has 0 amide bonds. The molecular formula is C13H14FNO. The Kier molecular flexibility index (Phi) is 2.77. The van der Waals surface area contributed by atoms with E-state index < -0.39 is 0 Å². The molecule has 2 nitrogen and oxygen atoms in total. The summed E-state index contributed by atoms with van der Waals surface area (Å²) in [6.45, 7) is 3.94. The summed E-state index contributed by atoms with van der Waals surface area (Å²) in [4.78, 5) is 11.6. The molecule has 3 heteroatoms. The van der Waals surface area contributed by atoms with Crippen LogP contribution in [0.1, 0.15) is 13.8 Å². The third kappa shape index (κ3) is 1.85. The van der Waals surface area contributed by atoms with Crippen LogP contribution >= 0.6 is 0 Å². The first-order chi connectivity index (χ1) is 7.59. The number of aromatic nitrogens is 1. The third-order valence-electron chi connectivity index (χ3n) is 2.71. The van der Waals surface area contributed by atoms with Crippen LogP contribution in [0.4, 0.5) is 4.39 Å². The molecule has 0 saturated carbocycles. The minimum atomic E-state index is -0.279. The lowest BCUT2D eigenvalue weighted by atomic mass is 10.1. The van der Waals surface area contributed by atoms with Crippen LogP contribution in [0.5, 0.6) is 0 Å². The van der Waals surface area contributed by atoms with Gasteiger partial charge in [0.25, 0.3) is 0 Å². The van der Waals surface area contributed by atoms with Crippen LogP contribution in [-0.4, -0.2) is 10.4 Å². The van der Waals surface area contributed by atoms with Gasteiger partial charge in [0.1, 0.15) is 5.82 Å². The first kappa shape index (κ1) is 10.9. The Bertz CT molecular complexity index is 528. The monoisotopic (exact) mass is 219 g/mol. The fourth-order valence-corrected chi connectivity index (χ4v) is 1.70. The second-order valence-corrected chi connectivity index (χ2v) is 4.24. The largest absolute Gasteiger partial charge is 0.338 e. The topological polar surface area (TPSA) is 22.0 Å². The quantitative estimate of drug-likeness (QED) is 0.777. The van der Waals surface area contributed by atoms with Gasteiger partial charge in [0.15, 0.2) is 5.78 Å². The maximum atomic E-state index is 13.6. The van der Waals surface area contributed by atoms with E-state index in [1.54, 1.807) is 16.8 Å². The summed E-state index contributed by atoms with van der Waals surface area (Å²) in [5.41, 5.74) is 0.511. The molecule has 16 heavy (non-hydrogen) atoms. The molecule has 84 valence electrons. The van der Waals surface area contributed by atoms with E-state index in [0.717, 1.165) is 5.39 Å². The molecule has 0 aliphatic rings. The van der Waals surface area contributed by atoms with Crippen LogP contribution in [0.2, 0.25) is 0 Å². The highest BCUT2D eigenvalue weighted by Gasteiger charge is 2.11. The van der Waals surface area contributed by atoms with E-state index in [9.17, 15) is 9.18 Å². The zero-order valence-electron chi connectivity index (χ0n) is 9.40. The Morgan fingerprint density at radius 3 is 2.81 bits per heavy atom. The van der Waals surface area contributed by atoms with E-state index in [0.29, 0.717) is 5.52 Å². The van der Waals surface area contributed by atoms with Gasteiger partial charge >= 0.3 is 0 Å². The summed E-state index contributed by atoms with van der Waals surface area (Å²) >= 11 is 0. The highest BCUT2D eigenvalue weighted by Crippen LogP contribution is 2.19. The van der Waals surface area contributed by atoms with Crippen molar-refractivity contribution in [3.63, 3.8) is 0 Å². The third-order valence-corrected chi connectivity index (χ3v) is 2.71. The van der Waals surface area contributed by atoms with Crippen LogP contribution in [0.3, 0.4) is 0 Å². The first-order valence-corrected chi connectivity index (χ1v) is 5.35. The van der Waals surface area contributed by atoms with Crippen molar-refractivity contribution in [3.05, 3.63) is 36.3 Å². The molecule has 0 unspecified atom stereocenters. The van der Waals surface area contributed by atoms with Crippen molar-refractivity contribution >= 4 is 16.7 Å². The molecule has 2 aromatic rings. The predicted molar refractivity (Wildman–Crippen MR) is 61.7 cm³/mol. The van der Waals surface area contributed by atoms with Gasteiger partial charge in [-0.2, -0.15) is 0 Å². The van der Waals surface area contributed by atoms with Crippen LogP contribution in [-0.2, 0) is 11.3 Å². The average molecular weight is 219 g/mol. The second kappa shape index (κ2) is 4.08. The molecule has 0 N–H and O–H groups in total. The summed E-state index contributed by atoms with van der Waals surface area (Å²) in [5, 5.41) is 0.830. The molecular weight excluding hydrogens is 205 g/mol. The highest BCUT2D eigenvalue weighted by molar-refractivity contribution is 5.85. The minimum absolute atomic E-state index is 0.0239. The first-order valence-electron chi connectivity index (χ1n) is 5.35. The Hall–Kier alpha value is -1.64. The van der Waals surface area contributed by atoms with Gasteiger partial charge in [0, 0.05) is 17.5 Å². The number of hydrogen-bond acceptors (Lipinski definition) is 1. The van der Waals surface area contributed by atoms with Gasteiger partial charge in [0.05, 0.1) is 12.1 Å². The Balaban J connectivity index is 2.42. The Morgan fingerprint density at radius 1 is 1.38 bits per heavy atom. The highest BCUT2D eigenvalue weighted by atomic mass is 19.1. The number of nitrogens with zero attached hydrogens (tertiary/aromatic N) is 1. The van der Waals surface area contributed by atoms with Crippen LogP contribution in [0.25, 0.3) is 10.9 Å². The van der Waals surface area contributed by atoms with E-state index in [2.05, 4.69) is 0 Å². The van der Waals surface area contributed by atoms with Crippen molar-refractivity contribution in [3.8, 4) is 0 Å². The zero-order valence-corrected chi connectivity index (χ0v) is 9.40. The average Bonchev–Trinajstić information content (AvgIpc) is 2.63. The van der Waals surface area contributed by atoms with Crippen molar-refractivity contribution in [2.75, 3.05) is 0 Å². The number of fused-ring (bicyclic) bond motifs is 1. The number of halogens is 1. The maximum absolute atomic E-state index is 13.6. The summed E-state index contributed by atoms with van der Waals surface area (Å²) in [6, 6.07) is 6.76. The van der Waals surface area contributed by atoms with E-state index in [4.69, 9.17) is 0 Å². The van der Waals surface area contributed by atoms with E-state index >= 15 is 0 Å². The van der Waals surface area contributed by atoms with Crippen molar-refractivity contribution < 1.29 is 9.18 Å². The van der Waals surface area contributed by atoms with Gasteiger partial charge < -0.3 is 4.57 Å². The molecule has 1 heterocycles. The lowest BCUT2D eigenvalue weighted by Crippen LogP contribution is -2.15. The fourth-order valence-electron chi connectivity index (χ4n) is 1.70. The maximum Gasteiger partial charge on any atom is 0.155 e. The van der Waals surface area contributed by atoms with Gasteiger partial charge in [-0.3, -0.25) is 4.79 Å². The molecule has 1 aromatic heterocycles. The van der Waals surface area contributed by atoms with Crippen molar-refractivity contribution in [1.82, 2.24) is 4.57 Å². The summed E-state index contributed by atoms with van der Waals surface area (Å²) in [7, 11) is 0. The lowest BCUT2D eigenvalue weighted by Gasteiger charge is -2.07. The van der Waals surface area contributed by atoms with Crippen LogP contribution in [0, 0.1) is 11.7 Å². The molecule has 0 atom stereocenters. The summed E-state index contributed by atoms with van der Waals surface area (Å²) < 4.78 is 15.3. The second-order valence-electron chi connectivity index (χ2n) is 4.24. The Morgan fingerprint density at radius 2 is 2.12 bits per heavy atom. The molecule has 0 spiro atoms. The molecule has 1 aromatic carbocycles. The van der Waals surface area contributed by atoms with Gasteiger partial charge in [-0.15, -0.1) is 0 Å². The molecule has 0 aliphatic carbocycles. The standard InChI is InChI=1S/C13H14FNO/c1-9(2)12(16)8-15-7-6-10-4-3-5-11(14)13(10)15/h3-7,9H,8H2,1-2H3. The number of rotatable bonds is 3. The normalized spacial score (nSPS) is 11.2. The number of benzene rings is 1. The molecule has 0 saturated heterocycles. The molecule has 0 aliphatic heterocycles. The lowest BCUT2D eigenvalue weighted by molar-refractivity contribution is -0.122. The predicted octanol–water partition coefficient (Wildman–Crippen LogP) is 3.01. The number of para-hydroxylation sites is 1. The van der Waals surface area contributed by atoms with Gasteiger partial charge in [-0.25, -0.2) is 4.39 Å². The SMILES string of the molecule is CC(C)C(=O)Cn1ccc2cccc(F)c21. The minimum Gasteiger partial charge on any atom is -0.338 e. The zero-order chi connectivity index (χ0) is 11.7. The van der Waals surface area contributed by atoms with E-state index in [1.807, 2.05) is 26.0 Å². The van der Waals surface area contributed by atoms with E-state index in [1.165, 1.54) is 6.07 Å². The summed E-state index contributed by atoms with van der Waals surface area (Å²) in [6.07, 6.45) is 1.76. The molecule has 0 fully saturated rings. The van der Waals surface area contributed by atoms with Crippen molar-refractivity contribution in [1.29, 1.82) is 0 Å². The summed E-state index contributed by atoms with van der Waals surface area (Å²) in [5.74, 6) is -0.191. The van der Waals surface area contributed by atoms with Crippen molar-refractivity contribution in [2.24, 2.45) is 5.92 Å². The smallest absolute Gasteiger partial charge is 0.155 e. The van der Waals surface area contributed by atoms with E-state index in [-0.39, 0.29) is 24.1 Å². The number of carbonyl (C=O) groups excluding carboxylic acids is 1. The van der Waals surface area contributed by atoms with Crippen LogP contribution in [0.15, 0.2) is 30.5 Å². The van der Waals surface area contributed by atoms with Crippen LogP contribution < -0.4 is 0 Å². The number of Topliss-reactive ketones (excluding diaryl/α,β-unsaturated/α-hetero) is 1. The molecule has 0 bridgehead atoms. The Labute approximate surface area is 93.7 Å². The number of carbonyl (C=O) groups is 1. The molecule has 0 radical (unpaired) electrons. The van der Waals surface area contributed by atoms with Crippen molar-refractivity contribution in [2.45, 2.75) is 20.4 Å². The molecule has 2 rings (SSSR count). The van der Waals surface area contributed by atoms with Gasteiger partial charge in [-0.05, 0) is 12.1 Å². The fraction of sp³-hybridized carbons (Fsp3) is 0.308. The van der Waals surface area contributed by atoms with Gasteiger partial charge in [-0.1, -0.05) is 26.0 Å². The number of ketones is 1. The number of hydrogen-bond donors (Lipinski definition) is 0. The van der Waals surface area contributed by atoms with Gasteiger partial charge in [0.2, 0.25) is 0 Å².